The molecule has 1 fully saturated rings. The van der Waals surface area contributed by atoms with Crippen molar-refractivity contribution in [2.45, 2.75) is 39.0 Å². The number of hydrogen-bond acceptors (Lipinski definition) is 5. The molecule has 4 heterocycles. The molecule has 2 aromatic carbocycles. The second kappa shape index (κ2) is 7.93. The Morgan fingerprint density at radius 1 is 1.00 bits per heavy atom. The van der Waals surface area contributed by atoms with Gasteiger partial charge in [0.1, 0.15) is 16.7 Å². The highest BCUT2D eigenvalue weighted by atomic mass is 35.5. The largest absolute Gasteiger partial charge is 0.376 e. The summed E-state index contributed by atoms with van der Waals surface area (Å²) in [5.41, 5.74) is 4.09. The highest BCUT2D eigenvalue weighted by molar-refractivity contribution is 6.31. The van der Waals surface area contributed by atoms with Gasteiger partial charge in [-0.3, -0.25) is 9.36 Å². The molecule has 7 nitrogen and oxygen atoms in total. The molecule has 5 aromatic rings. The molecule has 3 aromatic heterocycles. The molecule has 0 saturated carbocycles. The third-order valence-electron chi connectivity index (χ3n) is 6.34. The summed E-state index contributed by atoms with van der Waals surface area (Å²) in [6.07, 6.45) is 2.00. The molecular weight excluding hydrogens is 438 g/mol. The van der Waals surface area contributed by atoms with Crippen LogP contribution in [0.25, 0.3) is 33.2 Å². The van der Waals surface area contributed by atoms with E-state index in [0.29, 0.717) is 46.1 Å². The van der Waals surface area contributed by atoms with Crippen LogP contribution < -0.4 is 5.56 Å². The van der Waals surface area contributed by atoms with Crippen LogP contribution in [-0.4, -0.2) is 36.8 Å². The Labute approximate surface area is 194 Å². The number of hydrogen-bond donors (Lipinski definition) is 0. The van der Waals surface area contributed by atoms with Gasteiger partial charge in [0, 0.05) is 11.6 Å². The van der Waals surface area contributed by atoms with Crippen LogP contribution in [-0.2, 0) is 17.8 Å². The van der Waals surface area contributed by atoms with Crippen LogP contribution in [0.1, 0.15) is 24.2 Å². The molecule has 166 valence electrons. The summed E-state index contributed by atoms with van der Waals surface area (Å²) < 4.78 is 9.46. The second-order valence-corrected chi connectivity index (χ2v) is 8.88. The van der Waals surface area contributed by atoms with Crippen LogP contribution in [0.15, 0.2) is 53.3 Å². The zero-order valence-electron chi connectivity index (χ0n) is 18.2. The number of para-hydroxylation sites is 2. The first-order valence-corrected chi connectivity index (χ1v) is 11.5. The van der Waals surface area contributed by atoms with E-state index in [2.05, 4.69) is 0 Å². The van der Waals surface area contributed by atoms with E-state index in [1.165, 1.54) is 0 Å². The quantitative estimate of drug-likeness (QED) is 0.396. The molecule has 0 aliphatic carbocycles. The Kier molecular flexibility index (Phi) is 4.89. The topological polar surface area (TPSA) is 74.8 Å². The minimum atomic E-state index is -0.111. The Morgan fingerprint density at radius 3 is 2.52 bits per heavy atom. The van der Waals surface area contributed by atoms with Gasteiger partial charge < -0.3 is 9.30 Å². The van der Waals surface area contributed by atoms with Crippen molar-refractivity contribution < 1.29 is 4.74 Å². The first-order chi connectivity index (χ1) is 16.1. The molecule has 0 unspecified atom stereocenters. The average molecular weight is 460 g/mol. The number of aromatic nitrogens is 5. The SMILES string of the molecule is Cc1nc2c(c(=O)n1C[C@@H]1CCCO1)c1nc3ccccc3nc1n2Cc1ccccc1Cl. The van der Waals surface area contributed by atoms with E-state index in [-0.39, 0.29) is 11.7 Å². The van der Waals surface area contributed by atoms with Crippen LogP contribution in [0.4, 0.5) is 0 Å². The van der Waals surface area contributed by atoms with Crippen molar-refractivity contribution in [2.24, 2.45) is 0 Å². The van der Waals surface area contributed by atoms with E-state index in [4.69, 9.17) is 31.3 Å². The van der Waals surface area contributed by atoms with Crippen molar-refractivity contribution >= 4 is 44.8 Å². The molecule has 1 aliphatic heterocycles. The van der Waals surface area contributed by atoms with Gasteiger partial charge in [-0.2, -0.15) is 0 Å². The highest BCUT2D eigenvalue weighted by Crippen LogP contribution is 2.28. The van der Waals surface area contributed by atoms with E-state index in [1.54, 1.807) is 4.57 Å². The third-order valence-corrected chi connectivity index (χ3v) is 6.71. The molecule has 6 rings (SSSR count). The van der Waals surface area contributed by atoms with Gasteiger partial charge in [0.25, 0.3) is 5.56 Å². The molecule has 0 N–H and O–H groups in total. The van der Waals surface area contributed by atoms with Gasteiger partial charge in [0.2, 0.25) is 0 Å². The number of benzene rings is 2. The molecule has 0 spiro atoms. The Bertz CT molecular complexity index is 1580. The number of ether oxygens (including phenoxy) is 1. The smallest absolute Gasteiger partial charge is 0.265 e. The monoisotopic (exact) mass is 459 g/mol. The van der Waals surface area contributed by atoms with Crippen LogP contribution in [0.2, 0.25) is 5.02 Å². The predicted octanol–water partition coefficient (Wildman–Crippen LogP) is 4.48. The summed E-state index contributed by atoms with van der Waals surface area (Å²) in [7, 11) is 0. The van der Waals surface area contributed by atoms with Crippen molar-refractivity contribution in [3.05, 3.63) is 75.3 Å². The summed E-state index contributed by atoms with van der Waals surface area (Å²) in [5.74, 6) is 0.649. The molecule has 1 saturated heterocycles. The number of fused-ring (bicyclic) bond motifs is 4. The summed E-state index contributed by atoms with van der Waals surface area (Å²) in [5, 5.41) is 1.14. The maximum atomic E-state index is 13.8. The Hall–Kier alpha value is -3.29. The van der Waals surface area contributed by atoms with Gasteiger partial charge in [-0.25, -0.2) is 15.0 Å². The molecule has 1 atom stereocenters. The maximum Gasteiger partial charge on any atom is 0.265 e. The van der Waals surface area contributed by atoms with Crippen LogP contribution in [0, 0.1) is 6.92 Å². The molecule has 33 heavy (non-hydrogen) atoms. The standard InChI is InChI=1S/C25H22ClN5O2/c1-15-27-23-21(25(32)30(15)14-17-8-6-12-33-17)22-24(29-20-11-5-4-10-19(20)28-22)31(23)13-16-7-2-3-9-18(16)26/h2-5,7,9-11,17H,6,8,12-14H2,1H3/t17-/m0/s1. The van der Waals surface area contributed by atoms with Gasteiger partial charge in [-0.05, 0) is 43.5 Å². The van der Waals surface area contributed by atoms with Gasteiger partial charge >= 0.3 is 0 Å². The van der Waals surface area contributed by atoms with E-state index < -0.39 is 0 Å². The zero-order chi connectivity index (χ0) is 22.5. The van der Waals surface area contributed by atoms with Crippen LogP contribution in [0.3, 0.4) is 0 Å². The number of rotatable bonds is 4. The molecule has 0 radical (unpaired) electrons. The molecule has 0 bridgehead atoms. The first-order valence-electron chi connectivity index (χ1n) is 11.1. The fraction of sp³-hybridized carbons (Fsp3) is 0.280. The van der Waals surface area contributed by atoms with Crippen LogP contribution in [0.5, 0.6) is 0 Å². The van der Waals surface area contributed by atoms with Crippen LogP contribution >= 0.6 is 11.6 Å². The fourth-order valence-electron chi connectivity index (χ4n) is 4.65. The molecule has 0 amide bonds. The van der Waals surface area contributed by atoms with E-state index in [1.807, 2.05) is 60.0 Å². The number of aryl methyl sites for hydroxylation is 1. The molecule has 8 heteroatoms. The summed E-state index contributed by atoms with van der Waals surface area (Å²) in [6, 6.07) is 15.4. The number of halogens is 1. The predicted molar refractivity (Wildman–Crippen MR) is 129 cm³/mol. The Balaban J connectivity index is 1.65. The second-order valence-electron chi connectivity index (χ2n) is 8.47. The summed E-state index contributed by atoms with van der Waals surface area (Å²) in [6.45, 7) is 3.54. The third kappa shape index (κ3) is 3.39. The summed E-state index contributed by atoms with van der Waals surface area (Å²) >= 11 is 6.47. The lowest BCUT2D eigenvalue weighted by atomic mass is 10.2. The summed E-state index contributed by atoms with van der Waals surface area (Å²) in [4.78, 5) is 28.4. The average Bonchev–Trinajstić information content (AvgIpc) is 3.43. The van der Waals surface area contributed by atoms with Crippen molar-refractivity contribution in [3.63, 3.8) is 0 Å². The van der Waals surface area contributed by atoms with Gasteiger partial charge in [0.05, 0.1) is 30.2 Å². The lowest BCUT2D eigenvalue weighted by molar-refractivity contribution is 0.0955. The minimum Gasteiger partial charge on any atom is -0.376 e. The van der Waals surface area contributed by atoms with Crippen molar-refractivity contribution in [1.29, 1.82) is 0 Å². The maximum absolute atomic E-state index is 13.8. The van der Waals surface area contributed by atoms with Crippen molar-refractivity contribution in [2.75, 3.05) is 6.61 Å². The fourth-order valence-corrected chi connectivity index (χ4v) is 4.85. The van der Waals surface area contributed by atoms with Gasteiger partial charge in [-0.1, -0.05) is 41.9 Å². The van der Waals surface area contributed by atoms with Crippen molar-refractivity contribution in [1.82, 2.24) is 24.1 Å². The molecular formula is C25H22ClN5O2. The lowest BCUT2D eigenvalue weighted by Gasteiger charge is -2.14. The Morgan fingerprint density at radius 2 is 1.76 bits per heavy atom. The lowest BCUT2D eigenvalue weighted by Crippen LogP contribution is -2.29. The highest BCUT2D eigenvalue weighted by Gasteiger charge is 2.24. The first kappa shape index (κ1) is 20.3. The van der Waals surface area contributed by atoms with E-state index in [0.717, 1.165) is 36.0 Å². The van der Waals surface area contributed by atoms with Gasteiger partial charge in [-0.15, -0.1) is 0 Å². The van der Waals surface area contributed by atoms with Crippen molar-refractivity contribution in [3.8, 4) is 0 Å². The van der Waals surface area contributed by atoms with E-state index in [9.17, 15) is 4.79 Å². The zero-order valence-corrected chi connectivity index (χ0v) is 18.9. The van der Waals surface area contributed by atoms with Gasteiger partial charge in [0.15, 0.2) is 11.3 Å². The normalized spacial score (nSPS) is 16.4. The molecule has 1 aliphatic rings. The minimum absolute atomic E-state index is 0.0315. The van der Waals surface area contributed by atoms with E-state index >= 15 is 0 Å². The number of nitrogens with zero attached hydrogens (tertiary/aromatic N) is 5.